The normalized spacial score (nSPS) is 11.6. The second kappa shape index (κ2) is 8.25. The van der Waals surface area contributed by atoms with Crippen molar-refractivity contribution in [1.29, 1.82) is 5.26 Å². The summed E-state index contributed by atoms with van der Waals surface area (Å²) in [6, 6.07) is 10.9. The van der Waals surface area contributed by atoms with Gasteiger partial charge in [-0.05, 0) is 5.56 Å². The SMILES string of the molecule is COCCN(CCO)C(=O)C(C#N)c1ccccc1. The van der Waals surface area contributed by atoms with Gasteiger partial charge in [0, 0.05) is 20.2 Å². The third kappa shape index (κ3) is 4.36. The van der Waals surface area contributed by atoms with Gasteiger partial charge in [0.15, 0.2) is 0 Å². The minimum atomic E-state index is -0.843. The number of hydrogen-bond donors (Lipinski definition) is 1. The van der Waals surface area contributed by atoms with Gasteiger partial charge in [0.2, 0.25) is 5.91 Å². The maximum atomic E-state index is 12.3. The fourth-order valence-corrected chi connectivity index (χ4v) is 1.75. The molecule has 1 N–H and O–H groups in total. The highest BCUT2D eigenvalue weighted by Gasteiger charge is 2.25. The topological polar surface area (TPSA) is 73.6 Å². The van der Waals surface area contributed by atoms with E-state index in [4.69, 9.17) is 9.84 Å². The molecule has 0 aliphatic heterocycles. The van der Waals surface area contributed by atoms with Crippen molar-refractivity contribution < 1.29 is 14.6 Å². The van der Waals surface area contributed by atoms with Crippen molar-refractivity contribution in [2.24, 2.45) is 0 Å². The van der Waals surface area contributed by atoms with E-state index in [1.807, 2.05) is 12.1 Å². The molecule has 0 bridgehead atoms. The molecule has 0 aromatic heterocycles. The van der Waals surface area contributed by atoms with E-state index in [0.717, 1.165) is 0 Å². The number of ether oxygens (including phenoxy) is 1. The number of nitriles is 1. The maximum Gasteiger partial charge on any atom is 0.244 e. The van der Waals surface area contributed by atoms with Crippen LogP contribution in [0.2, 0.25) is 0 Å². The molecule has 1 aromatic rings. The third-order valence-corrected chi connectivity index (χ3v) is 2.76. The average Bonchev–Trinajstić information content (AvgIpc) is 2.45. The van der Waals surface area contributed by atoms with Crippen molar-refractivity contribution in [2.75, 3.05) is 33.4 Å². The van der Waals surface area contributed by atoms with Crippen LogP contribution in [0.5, 0.6) is 0 Å². The lowest BCUT2D eigenvalue weighted by atomic mass is 9.99. The zero-order valence-electron chi connectivity index (χ0n) is 11.0. The van der Waals surface area contributed by atoms with E-state index in [0.29, 0.717) is 18.7 Å². The zero-order valence-corrected chi connectivity index (χ0v) is 11.0. The van der Waals surface area contributed by atoms with Crippen molar-refractivity contribution in [2.45, 2.75) is 5.92 Å². The lowest BCUT2D eigenvalue weighted by Crippen LogP contribution is -2.39. The molecule has 1 amide bonds. The molecule has 1 unspecified atom stereocenters. The Morgan fingerprint density at radius 3 is 2.63 bits per heavy atom. The van der Waals surface area contributed by atoms with Gasteiger partial charge in [-0.15, -0.1) is 0 Å². The van der Waals surface area contributed by atoms with Gasteiger partial charge < -0.3 is 14.7 Å². The molecule has 1 atom stereocenters. The molecule has 0 radical (unpaired) electrons. The van der Waals surface area contributed by atoms with Gasteiger partial charge in [-0.1, -0.05) is 30.3 Å². The Hall–Kier alpha value is -1.90. The number of rotatable bonds is 7. The molecule has 5 heteroatoms. The Morgan fingerprint density at radius 1 is 1.42 bits per heavy atom. The van der Waals surface area contributed by atoms with E-state index in [2.05, 4.69) is 0 Å². The van der Waals surface area contributed by atoms with Gasteiger partial charge in [0.1, 0.15) is 5.92 Å². The van der Waals surface area contributed by atoms with Crippen LogP contribution in [0.4, 0.5) is 0 Å². The molecule has 0 heterocycles. The molecule has 102 valence electrons. The van der Waals surface area contributed by atoms with Gasteiger partial charge >= 0.3 is 0 Å². The molecule has 0 aliphatic rings. The number of carbonyl (C=O) groups is 1. The van der Waals surface area contributed by atoms with Crippen molar-refractivity contribution in [3.63, 3.8) is 0 Å². The van der Waals surface area contributed by atoms with Crippen LogP contribution in [0, 0.1) is 11.3 Å². The number of hydrogen-bond acceptors (Lipinski definition) is 4. The van der Waals surface area contributed by atoms with Crippen LogP contribution < -0.4 is 0 Å². The summed E-state index contributed by atoms with van der Waals surface area (Å²) >= 11 is 0. The summed E-state index contributed by atoms with van der Waals surface area (Å²) in [5, 5.41) is 18.2. The summed E-state index contributed by atoms with van der Waals surface area (Å²) in [5.74, 6) is -1.15. The van der Waals surface area contributed by atoms with Crippen molar-refractivity contribution in [3.05, 3.63) is 35.9 Å². The monoisotopic (exact) mass is 262 g/mol. The molecule has 5 nitrogen and oxygen atoms in total. The molecule has 0 fully saturated rings. The van der Waals surface area contributed by atoms with Gasteiger partial charge in [0.25, 0.3) is 0 Å². The first-order chi connectivity index (χ1) is 9.24. The smallest absolute Gasteiger partial charge is 0.244 e. The third-order valence-electron chi connectivity index (χ3n) is 2.76. The number of aliphatic hydroxyl groups is 1. The Labute approximate surface area is 113 Å². The standard InChI is InChI=1S/C14H18N2O3/c1-19-10-8-16(7-9-17)14(18)13(11-15)12-5-3-2-4-6-12/h2-6,13,17H,7-10H2,1H3. The van der Waals surface area contributed by atoms with Crippen LogP contribution in [-0.2, 0) is 9.53 Å². The summed E-state index contributed by atoms with van der Waals surface area (Å²) in [6.45, 7) is 0.801. The fourth-order valence-electron chi connectivity index (χ4n) is 1.75. The predicted molar refractivity (Wildman–Crippen MR) is 70.3 cm³/mol. The van der Waals surface area contributed by atoms with Gasteiger partial charge in [-0.3, -0.25) is 4.79 Å². The summed E-state index contributed by atoms with van der Waals surface area (Å²) in [7, 11) is 1.54. The highest BCUT2D eigenvalue weighted by molar-refractivity contribution is 5.86. The lowest BCUT2D eigenvalue weighted by Gasteiger charge is -2.23. The van der Waals surface area contributed by atoms with Gasteiger partial charge in [0.05, 0.1) is 19.3 Å². The van der Waals surface area contributed by atoms with E-state index in [9.17, 15) is 10.1 Å². The Morgan fingerprint density at radius 2 is 2.11 bits per heavy atom. The summed E-state index contributed by atoms with van der Waals surface area (Å²) < 4.78 is 4.93. The number of amides is 1. The molecule has 0 saturated carbocycles. The van der Waals surface area contributed by atoms with E-state index < -0.39 is 5.92 Å². The fraction of sp³-hybridized carbons (Fsp3) is 0.429. The van der Waals surface area contributed by atoms with E-state index in [1.165, 1.54) is 4.90 Å². The molecule has 0 saturated heterocycles. The average molecular weight is 262 g/mol. The van der Waals surface area contributed by atoms with Crippen LogP contribution in [0.3, 0.4) is 0 Å². The van der Waals surface area contributed by atoms with Crippen LogP contribution in [0.15, 0.2) is 30.3 Å². The van der Waals surface area contributed by atoms with Gasteiger partial charge in [-0.25, -0.2) is 0 Å². The van der Waals surface area contributed by atoms with E-state index in [-0.39, 0.29) is 19.1 Å². The molecule has 0 spiro atoms. The number of benzene rings is 1. The lowest BCUT2D eigenvalue weighted by molar-refractivity contribution is -0.132. The second-order valence-electron chi connectivity index (χ2n) is 4.01. The first-order valence-electron chi connectivity index (χ1n) is 6.07. The number of nitrogens with zero attached hydrogens (tertiary/aromatic N) is 2. The summed E-state index contributed by atoms with van der Waals surface area (Å²) in [5.41, 5.74) is 0.662. The molecule has 19 heavy (non-hydrogen) atoms. The summed E-state index contributed by atoms with van der Waals surface area (Å²) in [6.07, 6.45) is 0. The first kappa shape index (κ1) is 15.2. The maximum absolute atomic E-state index is 12.3. The van der Waals surface area contributed by atoms with E-state index >= 15 is 0 Å². The molecule has 0 aliphatic carbocycles. The van der Waals surface area contributed by atoms with Gasteiger partial charge in [-0.2, -0.15) is 5.26 Å². The molecule has 1 aromatic carbocycles. The van der Waals surface area contributed by atoms with E-state index in [1.54, 1.807) is 31.4 Å². The van der Waals surface area contributed by atoms with Crippen LogP contribution in [0.1, 0.15) is 11.5 Å². The minimum Gasteiger partial charge on any atom is -0.395 e. The first-order valence-corrected chi connectivity index (χ1v) is 6.07. The Bertz CT molecular complexity index is 428. The van der Waals surface area contributed by atoms with Crippen molar-refractivity contribution in [1.82, 2.24) is 4.90 Å². The number of aliphatic hydroxyl groups excluding tert-OH is 1. The molecular formula is C14H18N2O3. The quantitative estimate of drug-likeness (QED) is 0.787. The highest BCUT2D eigenvalue weighted by Crippen LogP contribution is 2.17. The Balaban J connectivity index is 2.84. The predicted octanol–water partition coefficient (Wildman–Crippen LogP) is 0.761. The Kier molecular flexibility index (Phi) is 6.58. The largest absolute Gasteiger partial charge is 0.395 e. The highest BCUT2D eigenvalue weighted by atomic mass is 16.5. The van der Waals surface area contributed by atoms with Crippen LogP contribution in [0.25, 0.3) is 0 Å². The number of methoxy groups -OCH3 is 1. The minimum absolute atomic E-state index is 0.137. The van der Waals surface area contributed by atoms with Crippen LogP contribution >= 0.6 is 0 Å². The summed E-state index contributed by atoms with van der Waals surface area (Å²) in [4.78, 5) is 13.8. The zero-order chi connectivity index (χ0) is 14.1. The molecular weight excluding hydrogens is 244 g/mol. The number of carbonyl (C=O) groups excluding carboxylic acids is 1. The van der Waals surface area contributed by atoms with Crippen molar-refractivity contribution >= 4 is 5.91 Å². The second-order valence-corrected chi connectivity index (χ2v) is 4.01. The molecule has 1 rings (SSSR count). The van der Waals surface area contributed by atoms with Crippen LogP contribution in [-0.4, -0.2) is 49.3 Å². The van der Waals surface area contributed by atoms with Crippen molar-refractivity contribution in [3.8, 4) is 6.07 Å².